The van der Waals surface area contributed by atoms with Crippen LogP contribution in [0.25, 0.3) is 0 Å². The zero-order chi connectivity index (χ0) is 13.7. The molecule has 2 aliphatic heterocycles. The van der Waals surface area contributed by atoms with Gasteiger partial charge in [-0.2, -0.15) is 0 Å². The van der Waals surface area contributed by atoms with E-state index in [0.29, 0.717) is 5.41 Å². The summed E-state index contributed by atoms with van der Waals surface area (Å²) in [5.74, 6) is 1.76. The lowest BCUT2D eigenvalue weighted by molar-refractivity contribution is 0.0706. The van der Waals surface area contributed by atoms with Gasteiger partial charge in [0, 0.05) is 0 Å². The van der Waals surface area contributed by atoms with Gasteiger partial charge in [-0.1, -0.05) is 20.8 Å². The lowest BCUT2D eigenvalue weighted by Gasteiger charge is -2.45. The molecular formula is C17H34N2. The van der Waals surface area contributed by atoms with Crippen LogP contribution < -0.4 is 5.32 Å². The average Bonchev–Trinajstić information content (AvgIpc) is 2.57. The van der Waals surface area contributed by atoms with E-state index < -0.39 is 0 Å². The zero-order valence-corrected chi connectivity index (χ0v) is 13.4. The number of rotatable bonds is 4. The average molecular weight is 266 g/mol. The van der Waals surface area contributed by atoms with Crippen LogP contribution in [0.1, 0.15) is 59.3 Å². The Hall–Kier alpha value is -0.0800. The minimum atomic E-state index is 0.665. The van der Waals surface area contributed by atoms with Crippen LogP contribution in [0.15, 0.2) is 0 Å². The van der Waals surface area contributed by atoms with Crippen LogP contribution in [-0.4, -0.2) is 37.6 Å². The number of nitrogens with one attached hydrogen (secondary N) is 1. The maximum Gasteiger partial charge on any atom is -0.00133 e. The van der Waals surface area contributed by atoms with Crippen molar-refractivity contribution in [3.63, 3.8) is 0 Å². The second-order valence-corrected chi connectivity index (χ2v) is 7.34. The van der Waals surface area contributed by atoms with Crippen LogP contribution in [0.4, 0.5) is 0 Å². The van der Waals surface area contributed by atoms with Crippen molar-refractivity contribution in [2.75, 3.05) is 32.7 Å². The smallest absolute Gasteiger partial charge is 0.00133 e. The Balaban J connectivity index is 2.01. The summed E-state index contributed by atoms with van der Waals surface area (Å²) in [6.07, 6.45) is 8.50. The van der Waals surface area contributed by atoms with Gasteiger partial charge in [0.25, 0.3) is 0 Å². The first-order chi connectivity index (χ1) is 9.16. The molecule has 0 bridgehead atoms. The molecular weight excluding hydrogens is 232 g/mol. The van der Waals surface area contributed by atoms with Gasteiger partial charge in [-0.05, 0) is 88.5 Å². The Kier molecular flexibility index (Phi) is 5.70. The van der Waals surface area contributed by atoms with Gasteiger partial charge in [-0.15, -0.1) is 0 Å². The van der Waals surface area contributed by atoms with E-state index in [1.165, 1.54) is 71.2 Å². The summed E-state index contributed by atoms with van der Waals surface area (Å²) < 4.78 is 0. The highest BCUT2D eigenvalue weighted by molar-refractivity contribution is 4.94. The Labute approximate surface area is 120 Å². The van der Waals surface area contributed by atoms with Crippen LogP contribution in [0, 0.1) is 17.3 Å². The van der Waals surface area contributed by atoms with E-state index in [2.05, 4.69) is 31.0 Å². The third-order valence-corrected chi connectivity index (χ3v) is 5.43. The Morgan fingerprint density at radius 1 is 1.21 bits per heavy atom. The highest BCUT2D eigenvalue weighted by atomic mass is 15.1. The minimum absolute atomic E-state index is 0.665. The third-order valence-electron chi connectivity index (χ3n) is 5.43. The number of likely N-dealkylation sites (tertiary alicyclic amines) is 1. The van der Waals surface area contributed by atoms with Crippen molar-refractivity contribution in [3.8, 4) is 0 Å². The molecule has 0 saturated carbocycles. The first kappa shape index (κ1) is 15.3. The monoisotopic (exact) mass is 266 g/mol. The molecule has 2 saturated heterocycles. The summed E-state index contributed by atoms with van der Waals surface area (Å²) in [7, 11) is 0. The lowest BCUT2D eigenvalue weighted by atomic mass is 9.64. The van der Waals surface area contributed by atoms with Gasteiger partial charge in [0.15, 0.2) is 0 Å². The fourth-order valence-electron chi connectivity index (χ4n) is 4.41. The highest BCUT2D eigenvalue weighted by Gasteiger charge is 2.41. The molecule has 0 aromatic carbocycles. The van der Waals surface area contributed by atoms with Gasteiger partial charge in [0.05, 0.1) is 0 Å². The molecule has 19 heavy (non-hydrogen) atoms. The van der Waals surface area contributed by atoms with Crippen molar-refractivity contribution in [2.45, 2.75) is 59.3 Å². The van der Waals surface area contributed by atoms with Crippen molar-refractivity contribution in [1.29, 1.82) is 0 Å². The van der Waals surface area contributed by atoms with Gasteiger partial charge in [-0.3, -0.25) is 0 Å². The van der Waals surface area contributed by atoms with E-state index in [1.807, 2.05) is 0 Å². The molecule has 2 atom stereocenters. The minimum Gasteiger partial charge on any atom is -0.316 e. The van der Waals surface area contributed by atoms with Crippen LogP contribution >= 0.6 is 0 Å². The predicted octanol–water partition coefficient (Wildman–Crippen LogP) is 3.52. The topological polar surface area (TPSA) is 15.3 Å². The SMILES string of the molecule is CCCN1CCCC2(CCNCC2CC(C)C)CC1. The summed E-state index contributed by atoms with van der Waals surface area (Å²) in [5.41, 5.74) is 0.665. The zero-order valence-electron chi connectivity index (χ0n) is 13.4. The molecule has 0 radical (unpaired) electrons. The van der Waals surface area contributed by atoms with Crippen molar-refractivity contribution < 1.29 is 0 Å². The molecule has 2 aliphatic rings. The summed E-state index contributed by atoms with van der Waals surface area (Å²) >= 11 is 0. The van der Waals surface area contributed by atoms with Gasteiger partial charge in [0.1, 0.15) is 0 Å². The Morgan fingerprint density at radius 2 is 2.05 bits per heavy atom. The highest BCUT2D eigenvalue weighted by Crippen LogP contribution is 2.45. The van der Waals surface area contributed by atoms with E-state index in [9.17, 15) is 0 Å². The molecule has 2 nitrogen and oxygen atoms in total. The maximum absolute atomic E-state index is 3.65. The predicted molar refractivity (Wildman–Crippen MR) is 83.4 cm³/mol. The van der Waals surface area contributed by atoms with E-state index in [1.54, 1.807) is 0 Å². The molecule has 2 fully saturated rings. The molecule has 112 valence electrons. The molecule has 0 aliphatic carbocycles. The van der Waals surface area contributed by atoms with Gasteiger partial charge < -0.3 is 10.2 Å². The van der Waals surface area contributed by atoms with Crippen molar-refractivity contribution >= 4 is 0 Å². The van der Waals surface area contributed by atoms with Gasteiger partial charge in [0.2, 0.25) is 0 Å². The van der Waals surface area contributed by atoms with Crippen LogP contribution in [0.2, 0.25) is 0 Å². The normalized spacial score (nSPS) is 33.8. The summed E-state index contributed by atoms with van der Waals surface area (Å²) in [6.45, 7) is 13.6. The van der Waals surface area contributed by atoms with Crippen LogP contribution in [0.5, 0.6) is 0 Å². The van der Waals surface area contributed by atoms with Crippen LogP contribution in [-0.2, 0) is 0 Å². The van der Waals surface area contributed by atoms with E-state index in [0.717, 1.165) is 11.8 Å². The Bertz CT molecular complexity index is 264. The summed E-state index contributed by atoms with van der Waals surface area (Å²) in [4.78, 5) is 2.71. The van der Waals surface area contributed by atoms with Crippen molar-refractivity contribution in [3.05, 3.63) is 0 Å². The van der Waals surface area contributed by atoms with E-state index >= 15 is 0 Å². The standard InChI is InChI=1S/C17H34N2/c1-4-10-19-11-5-6-17(8-12-19)7-9-18-14-16(17)13-15(2)3/h15-16,18H,4-14H2,1-3H3. The quantitative estimate of drug-likeness (QED) is 0.837. The number of nitrogens with zero attached hydrogens (tertiary/aromatic N) is 1. The summed E-state index contributed by atoms with van der Waals surface area (Å²) in [5, 5.41) is 3.65. The van der Waals surface area contributed by atoms with E-state index in [-0.39, 0.29) is 0 Å². The van der Waals surface area contributed by atoms with Gasteiger partial charge in [-0.25, -0.2) is 0 Å². The lowest BCUT2D eigenvalue weighted by Crippen LogP contribution is -2.46. The summed E-state index contributed by atoms with van der Waals surface area (Å²) in [6, 6.07) is 0. The molecule has 2 rings (SSSR count). The second-order valence-electron chi connectivity index (χ2n) is 7.34. The first-order valence-corrected chi connectivity index (χ1v) is 8.59. The molecule has 2 heteroatoms. The Morgan fingerprint density at radius 3 is 2.79 bits per heavy atom. The maximum atomic E-state index is 3.65. The molecule has 0 amide bonds. The molecule has 0 aromatic rings. The fourth-order valence-corrected chi connectivity index (χ4v) is 4.41. The van der Waals surface area contributed by atoms with Crippen molar-refractivity contribution in [2.24, 2.45) is 17.3 Å². The molecule has 1 N–H and O–H groups in total. The largest absolute Gasteiger partial charge is 0.316 e. The first-order valence-electron chi connectivity index (χ1n) is 8.59. The molecule has 2 heterocycles. The second kappa shape index (κ2) is 7.08. The van der Waals surface area contributed by atoms with Crippen LogP contribution in [0.3, 0.4) is 0 Å². The van der Waals surface area contributed by atoms with Gasteiger partial charge >= 0.3 is 0 Å². The van der Waals surface area contributed by atoms with E-state index in [4.69, 9.17) is 0 Å². The fraction of sp³-hybridized carbons (Fsp3) is 1.00. The number of piperidine rings is 1. The molecule has 0 aromatic heterocycles. The third kappa shape index (κ3) is 3.95. The number of hydrogen-bond acceptors (Lipinski definition) is 2. The van der Waals surface area contributed by atoms with Crippen molar-refractivity contribution in [1.82, 2.24) is 10.2 Å². The molecule has 1 spiro atoms. The number of hydrogen-bond donors (Lipinski definition) is 1. The molecule has 2 unspecified atom stereocenters.